The maximum absolute atomic E-state index is 13.2. The van der Waals surface area contributed by atoms with E-state index in [9.17, 15) is 14.3 Å². The Bertz CT molecular complexity index is 455. The van der Waals surface area contributed by atoms with Crippen LogP contribution >= 0.6 is 15.9 Å². The van der Waals surface area contributed by atoms with Gasteiger partial charge in [-0.1, -0.05) is 0 Å². The van der Waals surface area contributed by atoms with E-state index in [1.54, 1.807) is 0 Å². The summed E-state index contributed by atoms with van der Waals surface area (Å²) in [6.45, 7) is 0.954. The van der Waals surface area contributed by atoms with Gasteiger partial charge in [-0.2, -0.15) is 0 Å². The van der Waals surface area contributed by atoms with Gasteiger partial charge in [-0.3, -0.25) is 4.79 Å². The number of aliphatic hydroxyl groups excluding tert-OH is 1. The molecule has 0 saturated carbocycles. The monoisotopic (exact) mass is 317 g/mol. The first-order valence-electron chi connectivity index (χ1n) is 5.58. The Morgan fingerprint density at radius 1 is 1.61 bits per heavy atom. The molecule has 6 heteroatoms. The summed E-state index contributed by atoms with van der Waals surface area (Å²) in [7, 11) is 0. The standard InChI is InChI=1S/C12H13BrFNO3/c13-11-2-1-8(14)5-10(11)12(17)15-3-4-18-7-9(15)6-16/h1-2,5,9,16H,3-4,6-7H2. The molecule has 18 heavy (non-hydrogen) atoms. The van der Waals surface area contributed by atoms with Gasteiger partial charge in [0.2, 0.25) is 0 Å². The number of rotatable bonds is 2. The first-order valence-corrected chi connectivity index (χ1v) is 6.37. The predicted octanol–water partition coefficient (Wildman–Crippen LogP) is 1.42. The SMILES string of the molecule is O=C(c1cc(F)ccc1Br)N1CCOCC1CO. The fourth-order valence-electron chi connectivity index (χ4n) is 1.89. The van der Waals surface area contributed by atoms with Crippen molar-refractivity contribution in [3.05, 3.63) is 34.1 Å². The average Bonchev–Trinajstić information content (AvgIpc) is 2.40. The Kier molecular flexibility index (Phi) is 4.31. The van der Waals surface area contributed by atoms with Crippen LogP contribution in [-0.4, -0.2) is 48.3 Å². The molecule has 1 saturated heterocycles. The summed E-state index contributed by atoms with van der Waals surface area (Å²) in [5, 5.41) is 9.22. The van der Waals surface area contributed by atoms with Crippen LogP contribution in [-0.2, 0) is 4.74 Å². The number of aliphatic hydroxyl groups is 1. The number of hydrogen-bond donors (Lipinski definition) is 1. The Hall–Kier alpha value is -0.980. The molecule has 1 aromatic carbocycles. The predicted molar refractivity (Wildman–Crippen MR) is 66.8 cm³/mol. The summed E-state index contributed by atoms with van der Waals surface area (Å²) in [5.74, 6) is -0.765. The number of amides is 1. The van der Waals surface area contributed by atoms with Crippen molar-refractivity contribution in [1.82, 2.24) is 4.90 Å². The van der Waals surface area contributed by atoms with Crippen LogP contribution in [0.1, 0.15) is 10.4 Å². The fourth-order valence-corrected chi connectivity index (χ4v) is 2.31. The van der Waals surface area contributed by atoms with E-state index in [4.69, 9.17) is 4.74 Å². The maximum atomic E-state index is 13.2. The molecule has 1 fully saturated rings. The normalized spacial score (nSPS) is 19.9. The quantitative estimate of drug-likeness (QED) is 0.897. The second kappa shape index (κ2) is 5.77. The van der Waals surface area contributed by atoms with Gasteiger partial charge in [-0.05, 0) is 34.1 Å². The van der Waals surface area contributed by atoms with E-state index in [-0.39, 0.29) is 24.1 Å². The van der Waals surface area contributed by atoms with Crippen LogP contribution in [0.4, 0.5) is 4.39 Å². The fraction of sp³-hybridized carbons (Fsp3) is 0.417. The van der Waals surface area contributed by atoms with Gasteiger partial charge in [0.1, 0.15) is 5.82 Å². The highest BCUT2D eigenvalue weighted by molar-refractivity contribution is 9.10. The highest BCUT2D eigenvalue weighted by Crippen LogP contribution is 2.21. The molecule has 0 bridgehead atoms. The molecular weight excluding hydrogens is 305 g/mol. The highest BCUT2D eigenvalue weighted by atomic mass is 79.9. The van der Waals surface area contributed by atoms with Crippen molar-refractivity contribution in [2.24, 2.45) is 0 Å². The molecule has 0 aliphatic carbocycles. The number of nitrogens with zero attached hydrogens (tertiary/aromatic N) is 1. The minimum atomic E-state index is -0.463. The first-order chi connectivity index (χ1) is 8.63. The topological polar surface area (TPSA) is 49.8 Å². The molecule has 1 aromatic rings. The lowest BCUT2D eigenvalue weighted by Gasteiger charge is -2.34. The van der Waals surface area contributed by atoms with Crippen LogP contribution in [0.15, 0.2) is 22.7 Å². The van der Waals surface area contributed by atoms with E-state index >= 15 is 0 Å². The van der Waals surface area contributed by atoms with Gasteiger partial charge >= 0.3 is 0 Å². The van der Waals surface area contributed by atoms with Crippen molar-refractivity contribution in [2.45, 2.75) is 6.04 Å². The Labute approximate surface area is 112 Å². The van der Waals surface area contributed by atoms with E-state index < -0.39 is 5.82 Å². The van der Waals surface area contributed by atoms with Crippen LogP contribution in [0.5, 0.6) is 0 Å². The Morgan fingerprint density at radius 3 is 3.11 bits per heavy atom. The maximum Gasteiger partial charge on any atom is 0.255 e. The van der Waals surface area contributed by atoms with Crippen LogP contribution < -0.4 is 0 Å². The van der Waals surface area contributed by atoms with Crippen LogP contribution in [0.2, 0.25) is 0 Å². The lowest BCUT2D eigenvalue weighted by Crippen LogP contribution is -2.50. The van der Waals surface area contributed by atoms with Gasteiger partial charge in [0.15, 0.2) is 0 Å². The second-order valence-corrected chi connectivity index (χ2v) is 4.89. The zero-order valence-corrected chi connectivity index (χ0v) is 11.2. The van der Waals surface area contributed by atoms with Gasteiger partial charge in [0.25, 0.3) is 5.91 Å². The molecule has 1 amide bonds. The molecule has 4 nitrogen and oxygen atoms in total. The van der Waals surface area contributed by atoms with Crippen molar-refractivity contribution < 1.29 is 19.0 Å². The smallest absolute Gasteiger partial charge is 0.255 e. The second-order valence-electron chi connectivity index (χ2n) is 4.03. The molecule has 1 unspecified atom stereocenters. The Balaban J connectivity index is 2.26. The number of carbonyl (C=O) groups excluding carboxylic acids is 1. The molecule has 1 aliphatic rings. The van der Waals surface area contributed by atoms with Gasteiger partial charge in [-0.15, -0.1) is 0 Å². The third kappa shape index (κ3) is 2.71. The zero-order valence-electron chi connectivity index (χ0n) is 9.60. The van der Waals surface area contributed by atoms with Gasteiger partial charge < -0.3 is 14.7 Å². The minimum absolute atomic E-state index is 0.168. The summed E-state index contributed by atoms with van der Waals surface area (Å²) in [4.78, 5) is 13.8. The number of carbonyl (C=O) groups is 1. The molecule has 0 spiro atoms. The van der Waals surface area contributed by atoms with Crippen molar-refractivity contribution in [3.8, 4) is 0 Å². The third-order valence-electron chi connectivity index (χ3n) is 2.86. The summed E-state index contributed by atoms with van der Waals surface area (Å²) < 4.78 is 18.9. The lowest BCUT2D eigenvalue weighted by molar-refractivity contribution is -0.0184. The van der Waals surface area contributed by atoms with Crippen molar-refractivity contribution in [1.29, 1.82) is 0 Å². The molecular formula is C12H13BrFNO3. The summed E-state index contributed by atoms with van der Waals surface area (Å²) in [5.41, 5.74) is 0.260. The number of hydrogen-bond acceptors (Lipinski definition) is 3. The van der Waals surface area contributed by atoms with E-state index in [1.807, 2.05) is 0 Å². The van der Waals surface area contributed by atoms with Crippen molar-refractivity contribution in [2.75, 3.05) is 26.4 Å². The highest BCUT2D eigenvalue weighted by Gasteiger charge is 2.28. The molecule has 98 valence electrons. The molecule has 2 rings (SSSR count). The van der Waals surface area contributed by atoms with Gasteiger partial charge in [0.05, 0.1) is 31.4 Å². The lowest BCUT2D eigenvalue weighted by atomic mass is 10.1. The van der Waals surface area contributed by atoms with Crippen LogP contribution in [0, 0.1) is 5.82 Å². The number of halogens is 2. The molecule has 0 radical (unpaired) electrons. The van der Waals surface area contributed by atoms with Gasteiger partial charge in [0, 0.05) is 11.0 Å². The third-order valence-corrected chi connectivity index (χ3v) is 3.55. The molecule has 1 aliphatic heterocycles. The van der Waals surface area contributed by atoms with Crippen molar-refractivity contribution in [3.63, 3.8) is 0 Å². The summed E-state index contributed by atoms with van der Waals surface area (Å²) >= 11 is 3.23. The number of ether oxygens (including phenoxy) is 1. The van der Waals surface area contributed by atoms with E-state index in [1.165, 1.54) is 23.1 Å². The first kappa shape index (κ1) is 13.5. The van der Waals surface area contributed by atoms with Crippen molar-refractivity contribution >= 4 is 21.8 Å². The summed E-state index contributed by atoms with van der Waals surface area (Å²) in [6.07, 6.45) is 0. The Morgan fingerprint density at radius 2 is 2.39 bits per heavy atom. The van der Waals surface area contributed by atoms with E-state index in [0.29, 0.717) is 24.2 Å². The average molecular weight is 318 g/mol. The van der Waals surface area contributed by atoms with Gasteiger partial charge in [-0.25, -0.2) is 4.39 Å². The van der Waals surface area contributed by atoms with Crippen LogP contribution in [0.25, 0.3) is 0 Å². The molecule has 1 N–H and O–H groups in total. The largest absolute Gasteiger partial charge is 0.394 e. The molecule has 0 aromatic heterocycles. The summed E-state index contributed by atoms with van der Waals surface area (Å²) in [6, 6.07) is 3.60. The van der Waals surface area contributed by atoms with E-state index in [2.05, 4.69) is 15.9 Å². The van der Waals surface area contributed by atoms with Crippen LogP contribution in [0.3, 0.4) is 0 Å². The number of benzene rings is 1. The number of morpholine rings is 1. The molecule has 1 heterocycles. The van der Waals surface area contributed by atoms with E-state index in [0.717, 1.165) is 0 Å². The zero-order chi connectivity index (χ0) is 13.1. The minimum Gasteiger partial charge on any atom is -0.394 e. The molecule has 1 atom stereocenters.